The number of hydrogen-bond acceptors (Lipinski definition) is 5. The van der Waals surface area contributed by atoms with Crippen molar-refractivity contribution in [1.29, 1.82) is 0 Å². The SMILES string of the molecule is Cc1nc(C)c(COC(=O)CCCNC(=O)C2CC2)s1. The zero-order chi connectivity index (χ0) is 14.5. The van der Waals surface area contributed by atoms with Gasteiger partial charge in [-0.25, -0.2) is 4.98 Å². The van der Waals surface area contributed by atoms with Crippen LogP contribution in [-0.2, 0) is 20.9 Å². The zero-order valence-corrected chi connectivity index (χ0v) is 12.7. The van der Waals surface area contributed by atoms with Crippen LogP contribution in [-0.4, -0.2) is 23.4 Å². The van der Waals surface area contributed by atoms with Gasteiger partial charge in [0, 0.05) is 18.9 Å². The third kappa shape index (κ3) is 4.59. The molecule has 1 saturated carbocycles. The number of rotatable bonds is 7. The van der Waals surface area contributed by atoms with Crippen molar-refractivity contribution in [2.75, 3.05) is 6.54 Å². The van der Waals surface area contributed by atoms with Crippen molar-refractivity contribution in [2.24, 2.45) is 5.92 Å². The molecule has 1 aliphatic rings. The van der Waals surface area contributed by atoms with Gasteiger partial charge in [0.05, 0.1) is 15.6 Å². The van der Waals surface area contributed by atoms with Gasteiger partial charge in [-0.3, -0.25) is 9.59 Å². The van der Waals surface area contributed by atoms with Crippen LogP contribution in [0.15, 0.2) is 0 Å². The Bertz CT molecular complexity index is 495. The van der Waals surface area contributed by atoms with Crippen LogP contribution in [0.4, 0.5) is 0 Å². The molecule has 1 aromatic rings. The Morgan fingerprint density at radius 3 is 2.75 bits per heavy atom. The summed E-state index contributed by atoms with van der Waals surface area (Å²) < 4.78 is 5.21. The summed E-state index contributed by atoms with van der Waals surface area (Å²) in [4.78, 5) is 28.2. The summed E-state index contributed by atoms with van der Waals surface area (Å²) in [6.07, 6.45) is 2.96. The Balaban J connectivity index is 1.58. The van der Waals surface area contributed by atoms with E-state index in [1.807, 2.05) is 13.8 Å². The van der Waals surface area contributed by atoms with E-state index in [1.54, 1.807) is 11.3 Å². The fraction of sp³-hybridized carbons (Fsp3) is 0.643. The summed E-state index contributed by atoms with van der Waals surface area (Å²) in [5.41, 5.74) is 0.928. The second-order valence-electron chi connectivity index (χ2n) is 5.07. The first-order valence-corrected chi connectivity index (χ1v) is 7.74. The standard InChI is InChI=1S/C14H20N2O3S/c1-9-12(20-10(2)16-9)8-19-13(17)4-3-7-15-14(18)11-5-6-11/h11H,3-8H2,1-2H3,(H,15,18). The Morgan fingerprint density at radius 2 is 2.15 bits per heavy atom. The molecule has 0 unspecified atom stereocenters. The molecule has 110 valence electrons. The Morgan fingerprint density at radius 1 is 1.40 bits per heavy atom. The Kier molecular flexibility index (Phi) is 5.11. The number of esters is 1. The summed E-state index contributed by atoms with van der Waals surface area (Å²) in [5.74, 6) is 0.116. The average Bonchev–Trinajstić information content (AvgIpc) is 3.19. The summed E-state index contributed by atoms with van der Waals surface area (Å²) in [7, 11) is 0. The third-order valence-corrected chi connectivity index (χ3v) is 4.22. The van der Waals surface area contributed by atoms with Crippen molar-refractivity contribution in [2.45, 2.75) is 46.1 Å². The molecule has 0 saturated heterocycles. The van der Waals surface area contributed by atoms with Crippen LogP contribution in [0.1, 0.15) is 41.3 Å². The molecule has 0 aromatic carbocycles. The van der Waals surface area contributed by atoms with Crippen LogP contribution in [0.3, 0.4) is 0 Å². The van der Waals surface area contributed by atoms with Crippen molar-refractivity contribution in [3.8, 4) is 0 Å². The molecule has 1 aromatic heterocycles. The van der Waals surface area contributed by atoms with Gasteiger partial charge < -0.3 is 10.1 Å². The molecular formula is C14H20N2O3S. The lowest BCUT2D eigenvalue weighted by Crippen LogP contribution is -2.26. The van der Waals surface area contributed by atoms with E-state index in [2.05, 4.69) is 10.3 Å². The van der Waals surface area contributed by atoms with Crippen molar-refractivity contribution in [3.63, 3.8) is 0 Å². The molecule has 0 bridgehead atoms. The van der Waals surface area contributed by atoms with Gasteiger partial charge >= 0.3 is 5.97 Å². The number of hydrogen-bond donors (Lipinski definition) is 1. The minimum Gasteiger partial charge on any atom is -0.460 e. The lowest BCUT2D eigenvalue weighted by atomic mass is 10.3. The first-order chi connectivity index (χ1) is 9.56. The van der Waals surface area contributed by atoms with Crippen LogP contribution >= 0.6 is 11.3 Å². The van der Waals surface area contributed by atoms with Gasteiger partial charge in [0.25, 0.3) is 0 Å². The summed E-state index contributed by atoms with van der Waals surface area (Å²) in [5, 5.41) is 3.81. The van der Waals surface area contributed by atoms with E-state index < -0.39 is 0 Å². The normalized spacial score (nSPS) is 14.1. The molecule has 2 rings (SSSR count). The van der Waals surface area contributed by atoms with Crippen LogP contribution in [0.2, 0.25) is 0 Å². The number of carbonyl (C=O) groups excluding carboxylic acids is 2. The van der Waals surface area contributed by atoms with E-state index in [-0.39, 0.29) is 17.8 Å². The maximum absolute atomic E-state index is 11.6. The van der Waals surface area contributed by atoms with Crippen LogP contribution < -0.4 is 5.32 Å². The van der Waals surface area contributed by atoms with Gasteiger partial charge in [-0.2, -0.15) is 0 Å². The van der Waals surface area contributed by atoms with Gasteiger partial charge in [-0.15, -0.1) is 11.3 Å². The molecule has 0 radical (unpaired) electrons. The maximum Gasteiger partial charge on any atom is 0.306 e. The van der Waals surface area contributed by atoms with Crippen LogP contribution in [0.5, 0.6) is 0 Å². The quantitative estimate of drug-likeness (QED) is 0.618. The number of amides is 1. The Labute approximate surface area is 122 Å². The zero-order valence-electron chi connectivity index (χ0n) is 11.9. The molecule has 0 aliphatic heterocycles. The molecule has 1 amide bonds. The third-order valence-electron chi connectivity index (χ3n) is 3.17. The number of ether oxygens (including phenoxy) is 1. The van der Waals surface area contributed by atoms with E-state index in [9.17, 15) is 9.59 Å². The number of carbonyl (C=O) groups is 2. The summed E-state index contributed by atoms with van der Waals surface area (Å²) >= 11 is 1.55. The van der Waals surface area contributed by atoms with Crippen molar-refractivity contribution < 1.29 is 14.3 Å². The minimum atomic E-state index is -0.226. The summed E-state index contributed by atoms with van der Waals surface area (Å²) in [6.45, 7) is 4.69. The van der Waals surface area contributed by atoms with Gasteiger partial charge in [0.2, 0.25) is 5.91 Å². The van der Waals surface area contributed by atoms with E-state index in [4.69, 9.17) is 4.74 Å². The molecule has 1 aliphatic carbocycles. The highest BCUT2D eigenvalue weighted by Crippen LogP contribution is 2.28. The fourth-order valence-electron chi connectivity index (χ4n) is 1.86. The van der Waals surface area contributed by atoms with E-state index in [0.29, 0.717) is 26.0 Å². The van der Waals surface area contributed by atoms with Crippen LogP contribution in [0, 0.1) is 19.8 Å². The number of nitrogens with one attached hydrogen (secondary N) is 1. The second kappa shape index (κ2) is 6.83. The molecule has 1 N–H and O–H groups in total. The van der Waals surface area contributed by atoms with Gasteiger partial charge in [-0.05, 0) is 33.1 Å². The highest BCUT2D eigenvalue weighted by Gasteiger charge is 2.28. The number of aromatic nitrogens is 1. The molecule has 20 heavy (non-hydrogen) atoms. The maximum atomic E-state index is 11.6. The van der Waals surface area contributed by atoms with Crippen molar-refractivity contribution in [3.05, 3.63) is 15.6 Å². The molecule has 0 spiro atoms. The van der Waals surface area contributed by atoms with Gasteiger partial charge in [0.1, 0.15) is 6.61 Å². The molecule has 0 atom stereocenters. The highest BCUT2D eigenvalue weighted by atomic mass is 32.1. The average molecular weight is 296 g/mol. The summed E-state index contributed by atoms with van der Waals surface area (Å²) in [6, 6.07) is 0. The lowest BCUT2D eigenvalue weighted by Gasteiger charge is -2.05. The van der Waals surface area contributed by atoms with E-state index in [1.165, 1.54) is 0 Å². The molecule has 6 heteroatoms. The Hall–Kier alpha value is -1.43. The van der Waals surface area contributed by atoms with Gasteiger partial charge in [-0.1, -0.05) is 0 Å². The minimum absolute atomic E-state index is 0.120. The second-order valence-corrected chi connectivity index (χ2v) is 6.36. The van der Waals surface area contributed by atoms with E-state index >= 15 is 0 Å². The molecule has 1 fully saturated rings. The predicted molar refractivity (Wildman–Crippen MR) is 76.4 cm³/mol. The first-order valence-electron chi connectivity index (χ1n) is 6.92. The van der Waals surface area contributed by atoms with Crippen molar-refractivity contribution >= 4 is 23.2 Å². The number of nitrogens with zero attached hydrogens (tertiary/aromatic N) is 1. The topological polar surface area (TPSA) is 68.3 Å². The smallest absolute Gasteiger partial charge is 0.306 e. The van der Waals surface area contributed by atoms with Crippen LogP contribution in [0.25, 0.3) is 0 Å². The predicted octanol–water partition coefficient (Wildman–Crippen LogP) is 2.11. The monoisotopic (exact) mass is 296 g/mol. The molecule has 1 heterocycles. The first kappa shape index (κ1) is 15.0. The highest BCUT2D eigenvalue weighted by molar-refractivity contribution is 7.11. The van der Waals surface area contributed by atoms with Crippen molar-refractivity contribution in [1.82, 2.24) is 10.3 Å². The lowest BCUT2D eigenvalue weighted by molar-refractivity contribution is -0.145. The molecule has 5 nitrogen and oxygen atoms in total. The van der Waals surface area contributed by atoms with Gasteiger partial charge in [0.15, 0.2) is 0 Å². The number of aryl methyl sites for hydroxylation is 2. The molecular weight excluding hydrogens is 276 g/mol. The number of thiazole rings is 1. The van der Waals surface area contributed by atoms with E-state index in [0.717, 1.165) is 28.4 Å². The largest absolute Gasteiger partial charge is 0.460 e. The fourth-order valence-corrected chi connectivity index (χ4v) is 2.71.